The molecule has 0 spiro atoms. The number of ether oxygens (including phenoxy) is 1. The molecule has 0 amide bonds. The summed E-state index contributed by atoms with van der Waals surface area (Å²) < 4.78 is 6.31. The van der Waals surface area contributed by atoms with Crippen LogP contribution in [0.25, 0.3) is 0 Å². The fourth-order valence-corrected chi connectivity index (χ4v) is 3.15. The maximum Gasteiger partial charge on any atom is 0.0903 e. The van der Waals surface area contributed by atoms with Crippen molar-refractivity contribution in [2.24, 2.45) is 5.92 Å². The lowest BCUT2D eigenvalue weighted by Gasteiger charge is -2.26. The van der Waals surface area contributed by atoms with Gasteiger partial charge in [-0.15, -0.1) is 0 Å². The molecule has 2 atom stereocenters. The molecule has 1 aromatic rings. The third kappa shape index (κ3) is 1.83. The zero-order valence-electron chi connectivity index (χ0n) is 10.6. The van der Waals surface area contributed by atoms with E-state index in [2.05, 4.69) is 50.3 Å². The van der Waals surface area contributed by atoms with Crippen molar-refractivity contribution in [2.45, 2.75) is 44.8 Å². The van der Waals surface area contributed by atoms with Crippen LogP contribution in [0.1, 0.15) is 50.3 Å². The maximum atomic E-state index is 6.31. The summed E-state index contributed by atoms with van der Waals surface area (Å²) in [6, 6.07) is 8.69. The largest absolute Gasteiger partial charge is 0.362 e. The first-order valence-electron chi connectivity index (χ1n) is 6.62. The Labute approximate surface area is 103 Å². The van der Waals surface area contributed by atoms with Crippen LogP contribution < -0.4 is 0 Å². The molecule has 0 aromatic heterocycles. The molecule has 3 rings (SSSR count). The fraction of sp³-hybridized carbons (Fsp3) is 0.500. The van der Waals surface area contributed by atoms with Crippen molar-refractivity contribution < 1.29 is 4.74 Å². The molecule has 0 saturated carbocycles. The van der Waals surface area contributed by atoms with Gasteiger partial charge in [-0.1, -0.05) is 36.4 Å². The number of hydrogen-bond acceptors (Lipinski definition) is 1. The van der Waals surface area contributed by atoms with Crippen LogP contribution in [0.2, 0.25) is 0 Å². The molecular formula is C16H20O. The minimum atomic E-state index is -0.132. The van der Waals surface area contributed by atoms with Crippen LogP contribution in [0.15, 0.2) is 36.4 Å². The van der Waals surface area contributed by atoms with Gasteiger partial charge in [-0.05, 0) is 44.2 Å². The second-order valence-electron chi connectivity index (χ2n) is 5.66. The molecule has 0 saturated heterocycles. The van der Waals surface area contributed by atoms with Crippen LogP contribution in [-0.2, 0) is 10.3 Å². The van der Waals surface area contributed by atoms with Crippen LogP contribution in [0.3, 0.4) is 0 Å². The standard InChI is InChI=1S/C16H20O/c1-16(2)14-11-7-6-10-13(14)15(17-16)12-8-4-3-5-9-12/h4,6-8,10-12,15H,3,5,9H2,1-2H3. The molecule has 90 valence electrons. The lowest BCUT2D eigenvalue weighted by molar-refractivity contribution is -0.0710. The SMILES string of the molecule is CC1(C)OC(C2C=CCCC2)c2ccccc21. The molecule has 0 fully saturated rings. The molecule has 1 heterocycles. The van der Waals surface area contributed by atoms with Crippen molar-refractivity contribution in [2.75, 3.05) is 0 Å². The van der Waals surface area contributed by atoms with Gasteiger partial charge in [0.05, 0.1) is 11.7 Å². The topological polar surface area (TPSA) is 9.23 Å². The lowest BCUT2D eigenvalue weighted by Crippen LogP contribution is -2.19. The highest BCUT2D eigenvalue weighted by atomic mass is 16.5. The quantitative estimate of drug-likeness (QED) is 0.649. The highest BCUT2D eigenvalue weighted by molar-refractivity contribution is 5.38. The second kappa shape index (κ2) is 3.99. The summed E-state index contributed by atoms with van der Waals surface area (Å²) in [4.78, 5) is 0. The van der Waals surface area contributed by atoms with Gasteiger partial charge in [-0.2, -0.15) is 0 Å². The Balaban J connectivity index is 1.99. The van der Waals surface area contributed by atoms with E-state index in [0.29, 0.717) is 5.92 Å². The van der Waals surface area contributed by atoms with E-state index in [1.165, 1.54) is 30.4 Å². The summed E-state index contributed by atoms with van der Waals surface area (Å²) in [5.41, 5.74) is 2.63. The first kappa shape index (κ1) is 11.0. The average molecular weight is 228 g/mol. The Morgan fingerprint density at radius 1 is 1.24 bits per heavy atom. The van der Waals surface area contributed by atoms with Gasteiger partial charge in [0.25, 0.3) is 0 Å². The normalized spacial score (nSPS) is 30.2. The van der Waals surface area contributed by atoms with Crippen LogP contribution >= 0.6 is 0 Å². The minimum Gasteiger partial charge on any atom is -0.362 e. The number of allylic oxidation sites excluding steroid dienone is 1. The van der Waals surface area contributed by atoms with Crippen molar-refractivity contribution in [3.8, 4) is 0 Å². The summed E-state index contributed by atoms with van der Waals surface area (Å²) >= 11 is 0. The highest BCUT2D eigenvalue weighted by Crippen LogP contribution is 2.48. The van der Waals surface area contributed by atoms with E-state index >= 15 is 0 Å². The molecule has 17 heavy (non-hydrogen) atoms. The van der Waals surface area contributed by atoms with Gasteiger partial charge in [0.15, 0.2) is 0 Å². The Hall–Kier alpha value is -1.08. The van der Waals surface area contributed by atoms with Crippen molar-refractivity contribution in [3.05, 3.63) is 47.5 Å². The van der Waals surface area contributed by atoms with Gasteiger partial charge in [0.1, 0.15) is 0 Å². The Kier molecular flexibility index (Phi) is 2.59. The predicted molar refractivity (Wildman–Crippen MR) is 69.8 cm³/mol. The average Bonchev–Trinajstić information content (AvgIpc) is 2.64. The molecular weight excluding hydrogens is 208 g/mol. The van der Waals surface area contributed by atoms with Gasteiger partial charge in [0.2, 0.25) is 0 Å². The maximum absolute atomic E-state index is 6.31. The second-order valence-corrected chi connectivity index (χ2v) is 5.66. The van der Waals surface area contributed by atoms with Crippen molar-refractivity contribution in [1.29, 1.82) is 0 Å². The first-order chi connectivity index (χ1) is 8.18. The lowest BCUT2D eigenvalue weighted by atomic mass is 9.86. The van der Waals surface area contributed by atoms with Crippen molar-refractivity contribution >= 4 is 0 Å². The molecule has 0 radical (unpaired) electrons. The summed E-state index contributed by atoms with van der Waals surface area (Å²) in [5.74, 6) is 0.562. The molecule has 1 aromatic carbocycles. The molecule has 1 nitrogen and oxygen atoms in total. The monoisotopic (exact) mass is 228 g/mol. The van der Waals surface area contributed by atoms with Crippen LogP contribution in [0, 0.1) is 5.92 Å². The van der Waals surface area contributed by atoms with Crippen molar-refractivity contribution in [3.63, 3.8) is 0 Å². The third-order valence-corrected chi connectivity index (χ3v) is 4.02. The summed E-state index contributed by atoms with van der Waals surface area (Å²) in [6.07, 6.45) is 8.71. The van der Waals surface area contributed by atoms with E-state index in [9.17, 15) is 0 Å². The van der Waals surface area contributed by atoms with Gasteiger partial charge in [-0.3, -0.25) is 0 Å². The summed E-state index contributed by atoms with van der Waals surface area (Å²) in [6.45, 7) is 4.36. The number of rotatable bonds is 1. The smallest absolute Gasteiger partial charge is 0.0903 e. The molecule has 1 heteroatoms. The summed E-state index contributed by atoms with van der Waals surface area (Å²) in [5, 5.41) is 0. The zero-order chi connectivity index (χ0) is 11.9. The van der Waals surface area contributed by atoms with Gasteiger partial charge < -0.3 is 4.74 Å². The third-order valence-electron chi connectivity index (χ3n) is 4.02. The minimum absolute atomic E-state index is 0.132. The van der Waals surface area contributed by atoms with Gasteiger partial charge >= 0.3 is 0 Å². The van der Waals surface area contributed by atoms with E-state index < -0.39 is 0 Å². The Bertz CT molecular complexity index is 445. The van der Waals surface area contributed by atoms with E-state index in [-0.39, 0.29) is 11.7 Å². The molecule has 2 aliphatic rings. The fourth-order valence-electron chi connectivity index (χ4n) is 3.15. The molecule has 0 bridgehead atoms. The van der Waals surface area contributed by atoms with E-state index in [1.54, 1.807) is 0 Å². The Morgan fingerprint density at radius 3 is 2.82 bits per heavy atom. The van der Waals surface area contributed by atoms with Crippen LogP contribution in [0.5, 0.6) is 0 Å². The van der Waals surface area contributed by atoms with Gasteiger partial charge in [-0.25, -0.2) is 0 Å². The Morgan fingerprint density at radius 2 is 2.06 bits per heavy atom. The van der Waals surface area contributed by atoms with E-state index in [4.69, 9.17) is 4.74 Å². The van der Waals surface area contributed by atoms with Crippen LogP contribution in [0.4, 0.5) is 0 Å². The van der Waals surface area contributed by atoms with Crippen LogP contribution in [-0.4, -0.2) is 0 Å². The number of fused-ring (bicyclic) bond motifs is 1. The van der Waals surface area contributed by atoms with Gasteiger partial charge in [0, 0.05) is 5.92 Å². The summed E-state index contributed by atoms with van der Waals surface area (Å²) in [7, 11) is 0. The van der Waals surface area contributed by atoms with E-state index in [1.807, 2.05) is 0 Å². The first-order valence-corrected chi connectivity index (χ1v) is 6.62. The van der Waals surface area contributed by atoms with E-state index in [0.717, 1.165) is 0 Å². The number of hydrogen-bond donors (Lipinski definition) is 0. The molecule has 0 N–H and O–H groups in total. The molecule has 1 aliphatic carbocycles. The molecule has 1 aliphatic heterocycles. The number of benzene rings is 1. The highest BCUT2D eigenvalue weighted by Gasteiger charge is 2.40. The van der Waals surface area contributed by atoms with Crippen molar-refractivity contribution in [1.82, 2.24) is 0 Å². The zero-order valence-corrected chi connectivity index (χ0v) is 10.6. The predicted octanol–water partition coefficient (Wildman–Crippen LogP) is 4.35. The molecule has 2 unspecified atom stereocenters.